The van der Waals surface area contributed by atoms with Gasteiger partial charge in [-0.1, -0.05) is 0 Å². The third-order valence-corrected chi connectivity index (χ3v) is 0.852. The van der Waals surface area contributed by atoms with Crippen LogP contribution in [0.25, 0.3) is 0 Å². The van der Waals surface area contributed by atoms with Crippen LogP contribution in [0.15, 0.2) is 0 Å². The normalized spacial score (nSPS) is 13.6. The van der Waals surface area contributed by atoms with Crippen molar-refractivity contribution >= 4 is 7.32 Å². The van der Waals surface area contributed by atoms with E-state index < -0.39 is 25.8 Å². The number of halogens is 6. The molecule has 0 aliphatic rings. The molecule has 0 atom stereocenters. The van der Waals surface area contributed by atoms with Gasteiger partial charge in [0.25, 0.3) is 0 Å². The summed E-state index contributed by atoms with van der Waals surface area (Å²) in [5.74, 6) is 0. The van der Waals surface area contributed by atoms with E-state index in [4.69, 9.17) is 10.0 Å². The lowest BCUT2D eigenvalue weighted by molar-refractivity contribution is -0.306. The van der Waals surface area contributed by atoms with Crippen molar-refractivity contribution < 1.29 is 41.0 Å². The van der Waals surface area contributed by atoms with Crippen LogP contribution >= 0.6 is 0 Å². The Labute approximate surface area is 68.1 Å². The van der Waals surface area contributed by atoms with Gasteiger partial charge in [-0.15, -0.1) is 0 Å². The molecule has 0 rings (SSSR count). The molecule has 0 radical (unpaired) electrons. The molecule has 0 spiro atoms. The van der Waals surface area contributed by atoms with Gasteiger partial charge in [0.05, 0.1) is 0 Å². The topological polar surface area (TPSA) is 49.7 Å². The molecular weight excluding hydrogens is 209 g/mol. The molecule has 0 saturated heterocycles. The molecule has 0 heterocycles. The molecule has 0 aromatic rings. The van der Waals surface area contributed by atoms with Gasteiger partial charge in [-0.25, -0.2) is 0 Å². The van der Waals surface area contributed by atoms with Gasteiger partial charge in [0, 0.05) is 0 Å². The fourth-order valence-electron chi connectivity index (χ4n) is 0.462. The van der Waals surface area contributed by atoms with Crippen LogP contribution in [0.4, 0.5) is 26.3 Å². The maximum absolute atomic E-state index is 11.5. The maximum Gasteiger partial charge on any atom is 0.634 e. The lowest BCUT2D eigenvalue weighted by atomic mass is 10.2. The molecule has 0 unspecified atom stereocenters. The maximum atomic E-state index is 11.5. The van der Waals surface area contributed by atoms with E-state index in [-0.39, 0.29) is 0 Å². The Morgan fingerprint density at radius 1 is 0.923 bits per heavy atom. The Bertz CT molecular complexity index is 149. The highest BCUT2D eigenvalue weighted by Gasteiger charge is 2.58. The van der Waals surface area contributed by atoms with Gasteiger partial charge in [0.2, 0.25) is 6.10 Å². The van der Waals surface area contributed by atoms with E-state index >= 15 is 0 Å². The van der Waals surface area contributed by atoms with Crippen molar-refractivity contribution in [2.75, 3.05) is 0 Å². The summed E-state index contributed by atoms with van der Waals surface area (Å²) in [7, 11) is -3.13. The fourth-order valence-corrected chi connectivity index (χ4v) is 0.462. The quantitative estimate of drug-likeness (QED) is 0.516. The molecule has 10 heteroatoms. The number of hydrogen-bond donors (Lipinski definition) is 2. The minimum atomic E-state index is -5.73. The first-order valence-electron chi connectivity index (χ1n) is 2.70. The molecule has 0 amide bonds. The van der Waals surface area contributed by atoms with E-state index in [0.29, 0.717) is 0 Å². The average Bonchev–Trinajstić information content (AvgIpc) is 1.77. The highest BCUT2D eigenvalue weighted by molar-refractivity contribution is 6.32. The summed E-state index contributed by atoms with van der Waals surface area (Å²) in [6, 6.07) is 0. The SMILES string of the molecule is OB(O)OC(C(F)(F)F)C(F)(F)F. The van der Waals surface area contributed by atoms with Crippen molar-refractivity contribution in [3.05, 3.63) is 0 Å². The van der Waals surface area contributed by atoms with E-state index in [9.17, 15) is 26.3 Å². The predicted molar refractivity (Wildman–Crippen MR) is 27.2 cm³/mol. The number of hydrogen-bond acceptors (Lipinski definition) is 3. The summed E-state index contributed by atoms with van der Waals surface area (Å²) >= 11 is 0. The second kappa shape index (κ2) is 3.72. The Hall–Kier alpha value is -0.475. The molecule has 0 aromatic heterocycles. The van der Waals surface area contributed by atoms with Gasteiger partial charge < -0.3 is 14.7 Å². The summed E-state index contributed by atoms with van der Waals surface area (Å²) in [5.41, 5.74) is 0. The first-order chi connectivity index (χ1) is 5.55. The third-order valence-electron chi connectivity index (χ3n) is 0.852. The minimum Gasteiger partial charge on any atom is -0.402 e. The average molecular weight is 212 g/mol. The van der Waals surface area contributed by atoms with E-state index in [0.717, 1.165) is 0 Å². The second-order valence-electron chi connectivity index (χ2n) is 1.93. The van der Waals surface area contributed by atoms with Crippen molar-refractivity contribution in [1.82, 2.24) is 0 Å². The van der Waals surface area contributed by atoms with Gasteiger partial charge in [-0.3, -0.25) is 0 Å². The van der Waals surface area contributed by atoms with Crippen LogP contribution in [0, 0.1) is 0 Å². The monoisotopic (exact) mass is 212 g/mol. The van der Waals surface area contributed by atoms with Gasteiger partial charge in [0.1, 0.15) is 0 Å². The minimum absolute atomic E-state index is 2.84. The molecular formula is C3H3BF6O3. The number of alkyl halides is 6. The highest BCUT2D eigenvalue weighted by atomic mass is 19.4. The summed E-state index contributed by atoms with van der Waals surface area (Å²) in [5, 5.41) is 15.6. The fraction of sp³-hybridized carbons (Fsp3) is 1.00. The summed E-state index contributed by atoms with van der Waals surface area (Å²) in [4.78, 5) is 0. The van der Waals surface area contributed by atoms with Crippen LogP contribution in [0.2, 0.25) is 0 Å². The largest absolute Gasteiger partial charge is 0.634 e. The van der Waals surface area contributed by atoms with Crippen LogP contribution in [0.3, 0.4) is 0 Å². The molecule has 0 aromatic carbocycles. The highest BCUT2D eigenvalue weighted by Crippen LogP contribution is 2.35. The Morgan fingerprint density at radius 2 is 1.23 bits per heavy atom. The zero-order chi connectivity index (χ0) is 10.9. The first kappa shape index (κ1) is 12.5. The van der Waals surface area contributed by atoms with Gasteiger partial charge in [-0.05, 0) is 0 Å². The van der Waals surface area contributed by atoms with Crippen molar-refractivity contribution in [3.63, 3.8) is 0 Å². The molecule has 78 valence electrons. The van der Waals surface area contributed by atoms with Crippen molar-refractivity contribution in [3.8, 4) is 0 Å². The second-order valence-corrected chi connectivity index (χ2v) is 1.93. The van der Waals surface area contributed by atoms with E-state index in [1.165, 1.54) is 0 Å². The third kappa shape index (κ3) is 4.34. The molecule has 0 bridgehead atoms. The molecule has 2 N–H and O–H groups in total. The summed E-state index contributed by atoms with van der Waals surface area (Å²) in [6.07, 6.45) is -15.7. The molecule has 13 heavy (non-hydrogen) atoms. The smallest absolute Gasteiger partial charge is 0.402 e. The standard InChI is InChI=1S/C3H3BF6O3/c5-2(6,7)1(3(8,9)10)13-4(11)12/h1,11-12H. The zero-order valence-corrected chi connectivity index (χ0v) is 5.73. The van der Waals surface area contributed by atoms with Crippen LogP contribution in [0.1, 0.15) is 0 Å². The molecule has 0 aliphatic carbocycles. The van der Waals surface area contributed by atoms with E-state index in [1.807, 2.05) is 0 Å². The van der Waals surface area contributed by atoms with Crippen molar-refractivity contribution in [2.45, 2.75) is 18.5 Å². The van der Waals surface area contributed by atoms with Gasteiger partial charge in [0.15, 0.2) is 0 Å². The Balaban J connectivity index is 4.58. The number of rotatable bonds is 2. The van der Waals surface area contributed by atoms with Crippen LogP contribution in [-0.4, -0.2) is 35.8 Å². The van der Waals surface area contributed by atoms with Crippen LogP contribution < -0.4 is 0 Å². The summed E-state index contributed by atoms with van der Waals surface area (Å²) in [6.45, 7) is 0. The Morgan fingerprint density at radius 3 is 1.31 bits per heavy atom. The van der Waals surface area contributed by atoms with Crippen LogP contribution in [0.5, 0.6) is 0 Å². The van der Waals surface area contributed by atoms with E-state index in [2.05, 4.69) is 4.65 Å². The molecule has 0 aliphatic heterocycles. The lowest BCUT2D eigenvalue weighted by Gasteiger charge is -2.22. The van der Waals surface area contributed by atoms with Crippen molar-refractivity contribution in [1.29, 1.82) is 0 Å². The molecule has 3 nitrogen and oxygen atoms in total. The summed E-state index contributed by atoms with van der Waals surface area (Å²) < 4.78 is 71.9. The van der Waals surface area contributed by atoms with Crippen molar-refractivity contribution in [2.24, 2.45) is 0 Å². The van der Waals surface area contributed by atoms with Gasteiger partial charge in [-0.2, -0.15) is 26.3 Å². The van der Waals surface area contributed by atoms with E-state index in [1.54, 1.807) is 0 Å². The molecule has 0 fully saturated rings. The first-order valence-corrected chi connectivity index (χ1v) is 2.70. The Kier molecular flexibility index (Phi) is 3.58. The predicted octanol–water partition coefficient (Wildman–Crippen LogP) is 0.466. The van der Waals surface area contributed by atoms with Crippen LogP contribution in [-0.2, 0) is 4.65 Å². The molecule has 0 saturated carbocycles. The van der Waals surface area contributed by atoms with Gasteiger partial charge >= 0.3 is 19.7 Å². The zero-order valence-electron chi connectivity index (χ0n) is 5.73. The lowest BCUT2D eigenvalue weighted by Crippen LogP contribution is -2.47.